The Morgan fingerprint density at radius 3 is 2.28 bits per heavy atom. The second-order valence-electron chi connectivity index (χ2n) is 9.76. The first-order chi connectivity index (χ1) is 18.6. The monoisotopic (exact) mass is 542 g/mol. The zero-order valence-corrected chi connectivity index (χ0v) is 21.3. The van der Waals surface area contributed by atoms with Crippen molar-refractivity contribution in [3.63, 3.8) is 0 Å². The van der Waals surface area contributed by atoms with Crippen molar-refractivity contribution in [2.75, 3.05) is 25.0 Å². The standard InChI is InChI=1S/C23H27FN2O3.C7H3F3/c24-18-8-9-20(22(28)7-4-12-26-13-10-19(27)11-14-26)21(16-18)25-23(29)15-17-5-2-1-3-6-17;8-7(9,10)6-2-1-4-3-5(4)6/h1-3,5-6,8-9,16,19,27H,4,7,10-15H2,(H,25,29);1-3H. The van der Waals surface area contributed by atoms with E-state index in [1.165, 1.54) is 30.3 Å². The molecule has 0 bridgehead atoms. The van der Waals surface area contributed by atoms with Crippen molar-refractivity contribution in [3.8, 4) is 11.1 Å². The molecule has 1 heterocycles. The first kappa shape index (κ1) is 28.4. The van der Waals surface area contributed by atoms with Crippen LogP contribution < -0.4 is 5.32 Å². The third-order valence-electron chi connectivity index (χ3n) is 6.75. The molecule has 1 saturated heterocycles. The second kappa shape index (κ2) is 12.5. The van der Waals surface area contributed by atoms with Gasteiger partial charge in [0.05, 0.1) is 23.8 Å². The number of benzene rings is 3. The highest BCUT2D eigenvalue weighted by Crippen LogP contribution is 2.45. The van der Waals surface area contributed by atoms with E-state index in [-0.39, 0.29) is 29.9 Å². The number of piperidine rings is 1. The topological polar surface area (TPSA) is 69.6 Å². The number of hydrogen-bond acceptors (Lipinski definition) is 4. The van der Waals surface area contributed by atoms with Crippen molar-refractivity contribution in [1.29, 1.82) is 0 Å². The van der Waals surface area contributed by atoms with Gasteiger partial charge in [0.25, 0.3) is 0 Å². The molecule has 0 radical (unpaired) electrons. The van der Waals surface area contributed by atoms with Crippen LogP contribution in [-0.2, 0) is 17.4 Å². The molecule has 5 nitrogen and oxygen atoms in total. The molecule has 1 amide bonds. The summed E-state index contributed by atoms with van der Waals surface area (Å²) in [6.07, 6.45) is -1.68. The molecule has 2 N–H and O–H groups in total. The van der Waals surface area contributed by atoms with Gasteiger partial charge < -0.3 is 15.3 Å². The summed E-state index contributed by atoms with van der Waals surface area (Å²) in [4.78, 5) is 27.3. The van der Waals surface area contributed by atoms with Gasteiger partial charge in [-0.05, 0) is 72.8 Å². The number of aliphatic hydroxyl groups excluding tert-OH is 1. The third kappa shape index (κ3) is 8.21. The number of alkyl halides is 3. The highest BCUT2D eigenvalue weighted by Gasteiger charge is 2.37. The van der Waals surface area contributed by atoms with Crippen molar-refractivity contribution in [2.45, 2.75) is 44.4 Å². The van der Waals surface area contributed by atoms with Gasteiger partial charge in [0.2, 0.25) is 5.91 Å². The molecule has 0 atom stereocenters. The molecule has 206 valence electrons. The number of aliphatic hydroxyl groups is 1. The summed E-state index contributed by atoms with van der Waals surface area (Å²) in [5.74, 6) is -0.900. The Morgan fingerprint density at radius 1 is 0.974 bits per heavy atom. The molecule has 3 aliphatic rings. The van der Waals surface area contributed by atoms with Crippen LogP contribution in [0.4, 0.5) is 23.2 Å². The van der Waals surface area contributed by atoms with E-state index in [0.717, 1.165) is 49.7 Å². The van der Waals surface area contributed by atoms with Crippen LogP contribution in [0, 0.1) is 5.82 Å². The maximum atomic E-state index is 13.7. The Kier molecular flexibility index (Phi) is 9.14. The minimum absolute atomic E-state index is 0.114. The first-order valence-electron chi connectivity index (χ1n) is 12.9. The van der Waals surface area contributed by atoms with Crippen LogP contribution in [0.2, 0.25) is 0 Å². The average Bonchev–Trinajstić information content (AvgIpc) is 3.52. The maximum absolute atomic E-state index is 13.7. The molecule has 0 aromatic heterocycles. The second-order valence-corrected chi connectivity index (χ2v) is 9.76. The molecular formula is C30H30F4N2O3. The fourth-order valence-electron chi connectivity index (χ4n) is 4.58. The van der Waals surface area contributed by atoms with E-state index in [0.29, 0.717) is 24.0 Å². The SMILES string of the molecule is FC(F)(F)c1ccc2cc1-2.O=C(Cc1ccccc1)Nc1cc(F)ccc1C(=O)CCCN1CCC(O)CC1. The molecule has 1 aliphatic heterocycles. The fraction of sp³-hybridized carbons (Fsp3) is 0.333. The van der Waals surface area contributed by atoms with E-state index in [2.05, 4.69) is 10.2 Å². The Balaban J connectivity index is 0.000000292. The Morgan fingerprint density at radius 2 is 1.69 bits per heavy atom. The lowest BCUT2D eigenvalue weighted by Gasteiger charge is -2.29. The number of halogens is 4. The number of amides is 1. The zero-order chi connectivity index (χ0) is 28.0. The van der Waals surface area contributed by atoms with Gasteiger partial charge in [-0.2, -0.15) is 13.2 Å². The highest BCUT2D eigenvalue weighted by atomic mass is 19.4. The van der Waals surface area contributed by atoms with Gasteiger partial charge in [-0.1, -0.05) is 36.4 Å². The molecule has 9 heteroatoms. The van der Waals surface area contributed by atoms with Crippen LogP contribution in [-0.4, -0.2) is 47.4 Å². The van der Waals surface area contributed by atoms with Gasteiger partial charge in [-0.3, -0.25) is 9.59 Å². The van der Waals surface area contributed by atoms with Crippen molar-refractivity contribution in [1.82, 2.24) is 4.90 Å². The van der Waals surface area contributed by atoms with Crippen LogP contribution in [0.25, 0.3) is 11.1 Å². The predicted molar refractivity (Wildman–Crippen MR) is 141 cm³/mol. The summed E-state index contributed by atoms with van der Waals surface area (Å²) in [7, 11) is 0. The minimum atomic E-state index is -4.17. The van der Waals surface area contributed by atoms with Gasteiger partial charge in [-0.25, -0.2) is 4.39 Å². The van der Waals surface area contributed by atoms with Crippen molar-refractivity contribution in [2.24, 2.45) is 0 Å². The van der Waals surface area contributed by atoms with E-state index >= 15 is 0 Å². The highest BCUT2D eigenvalue weighted by molar-refractivity contribution is 6.05. The largest absolute Gasteiger partial charge is 0.417 e. The summed E-state index contributed by atoms with van der Waals surface area (Å²) >= 11 is 0. The summed E-state index contributed by atoms with van der Waals surface area (Å²) in [5.41, 5.74) is 2.00. The lowest BCUT2D eigenvalue weighted by molar-refractivity contribution is -0.136. The molecule has 0 unspecified atom stereocenters. The number of anilines is 1. The normalized spacial score (nSPS) is 14.8. The van der Waals surface area contributed by atoms with Crippen LogP contribution in [0.3, 0.4) is 0 Å². The Labute approximate surface area is 224 Å². The number of nitrogens with zero attached hydrogens (tertiary/aromatic N) is 1. The van der Waals surface area contributed by atoms with Gasteiger partial charge >= 0.3 is 6.18 Å². The maximum Gasteiger partial charge on any atom is 0.417 e. The van der Waals surface area contributed by atoms with Crippen molar-refractivity contribution >= 4 is 17.4 Å². The van der Waals surface area contributed by atoms with Gasteiger partial charge in [0, 0.05) is 25.1 Å². The number of fused-ring (bicyclic) bond motifs is 1. The molecule has 5 rings (SSSR count). The molecule has 2 aliphatic carbocycles. The predicted octanol–water partition coefficient (Wildman–Crippen LogP) is 6.11. The molecule has 1 fully saturated rings. The van der Waals surface area contributed by atoms with Crippen LogP contribution in [0.1, 0.15) is 47.2 Å². The Bertz CT molecular complexity index is 1300. The number of likely N-dealkylation sites (tertiary alicyclic amines) is 1. The summed E-state index contributed by atoms with van der Waals surface area (Å²) in [6.45, 7) is 2.47. The first-order valence-corrected chi connectivity index (χ1v) is 12.9. The smallest absolute Gasteiger partial charge is 0.393 e. The number of carbonyl (C=O) groups is 2. The van der Waals surface area contributed by atoms with Crippen LogP contribution in [0.5, 0.6) is 0 Å². The quantitative estimate of drug-likeness (QED) is 0.208. The van der Waals surface area contributed by atoms with Crippen LogP contribution in [0.15, 0.2) is 66.7 Å². The summed E-state index contributed by atoms with van der Waals surface area (Å²) < 4.78 is 49.4. The van der Waals surface area contributed by atoms with Gasteiger partial charge in [0.1, 0.15) is 5.82 Å². The third-order valence-corrected chi connectivity index (χ3v) is 6.75. The number of hydrogen-bond donors (Lipinski definition) is 2. The molecule has 2 aromatic carbocycles. The van der Waals surface area contributed by atoms with E-state index in [9.17, 15) is 32.3 Å². The number of nitrogens with one attached hydrogen (secondary N) is 1. The van der Waals surface area contributed by atoms with Crippen molar-refractivity contribution in [3.05, 3.63) is 89.2 Å². The zero-order valence-electron chi connectivity index (χ0n) is 21.3. The Hall–Kier alpha value is -3.56. The lowest BCUT2D eigenvalue weighted by atomic mass is 10.0. The summed E-state index contributed by atoms with van der Waals surface area (Å²) in [6, 6.07) is 17.3. The van der Waals surface area contributed by atoms with Gasteiger partial charge in [-0.15, -0.1) is 0 Å². The van der Waals surface area contributed by atoms with Gasteiger partial charge in [0.15, 0.2) is 5.78 Å². The van der Waals surface area contributed by atoms with Crippen molar-refractivity contribution < 1.29 is 32.3 Å². The lowest BCUT2D eigenvalue weighted by Crippen LogP contribution is -2.36. The number of Topliss-reactive ketones (excluding diaryl/α,β-unsaturated/α-hetero) is 1. The van der Waals surface area contributed by atoms with Crippen LogP contribution >= 0.6 is 0 Å². The van der Waals surface area contributed by atoms with E-state index < -0.39 is 17.6 Å². The van der Waals surface area contributed by atoms with E-state index in [1.807, 2.05) is 30.3 Å². The number of ketones is 1. The minimum Gasteiger partial charge on any atom is -0.393 e. The molecule has 39 heavy (non-hydrogen) atoms. The fourth-order valence-corrected chi connectivity index (χ4v) is 4.58. The summed E-state index contributed by atoms with van der Waals surface area (Å²) in [5, 5.41) is 12.2. The molecular weight excluding hydrogens is 512 g/mol. The average molecular weight is 543 g/mol. The van der Waals surface area contributed by atoms with E-state index in [1.54, 1.807) is 0 Å². The van der Waals surface area contributed by atoms with E-state index in [4.69, 9.17) is 0 Å². The number of carbonyl (C=O) groups excluding carboxylic acids is 2. The molecule has 0 spiro atoms. The number of rotatable bonds is 8. The molecule has 0 saturated carbocycles. The molecule has 2 aromatic rings.